The zero-order valence-electron chi connectivity index (χ0n) is 8.14. The second kappa shape index (κ2) is 3.85. The molecule has 0 amide bonds. The summed E-state index contributed by atoms with van der Waals surface area (Å²) in [5, 5.41) is 2.91. The fraction of sp³-hybridized carbons (Fsp3) is 0.455. The number of hydrogen-bond donors (Lipinski definition) is 1. The van der Waals surface area contributed by atoms with Crippen molar-refractivity contribution in [2.75, 3.05) is 13.1 Å². The standard InChI is InChI=1S/C11H12F3N/c12-10-3-1-8(2-4-10)11(13,14)9-5-6-15-7-9/h1-4,9,15H,5-7H2. The zero-order chi connectivity index (χ0) is 10.9. The van der Waals surface area contributed by atoms with E-state index in [1.165, 1.54) is 0 Å². The minimum absolute atomic E-state index is 0.0994. The molecule has 1 heterocycles. The van der Waals surface area contributed by atoms with E-state index >= 15 is 0 Å². The molecule has 1 aliphatic heterocycles. The van der Waals surface area contributed by atoms with Gasteiger partial charge in [-0.3, -0.25) is 0 Å². The van der Waals surface area contributed by atoms with E-state index in [-0.39, 0.29) is 5.56 Å². The molecular weight excluding hydrogens is 203 g/mol. The highest BCUT2D eigenvalue weighted by Gasteiger charge is 2.42. The highest BCUT2D eigenvalue weighted by Crippen LogP contribution is 2.38. The Balaban J connectivity index is 2.23. The molecule has 0 saturated carbocycles. The van der Waals surface area contributed by atoms with Crippen molar-refractivity contribution in [1.82, 2.24) is 5.32 Å². The second-order valence-corrected chi connectivity index (χ2v) is 3.82. The van der Waals surface area contributed by atoms with Crippen LogP contribution in [0.15, 0.2) is 24.3 Å². The first-order chi connectivity index (χ1) is 7.10. The molecule has 1 unspecified atom stereocenters. The molecule has 1 saturated heterocycles. The molecule has 1 atom stereocenters. The molecule has 0 radical (unpaired) electrons. The van der Waals surface area contributed by atoms with Crippen LogP contribution < -0.4 is 5.32 Å². The summed E-state index contributed by atoms with van der Waals surface area (Å²) < 4.78 is 40.3. The molecule has 82 valence electrons. The first-order valence-electron chi connectivity index (χ1n) is 4.95. The topological polar surface area (TPSA) is 12.0 Å². The molecule has 2 rings (SSSR count). The number of hydrogen-bond acceptors (Lipinski definition) is 1. The van der Waals surface area contributed by atoms with Crippen molar-refractivity contribution in [3.63, 3.8) is 0 Å². The van der Waals surface area contributed by atoms with Crippen molar-refractivity contribution in [3.05, 3.63) is 35.6 Å². The molecule has 1 N–H and O–H groups in total. The Morgan fingerprint density at radius 3 is 2.40 bits per heavy atom. The van der Waals surface area contributed by atoms with E-state index < -0.39 is 17.7 Å². The van der Waals surface area contributed by atoms with Crippen molar-refractivity contribution in [1.29, 1.82) is 0 Å². The third-order valence-corrected chi connectivity index (χ3v) is 2.80. The third kappa shape index (κ3) is 2.00. The Morgan fingerprint density at radius 1 is 1.20 bits per heavy atom. The van der Waals surface area contributed by atoms with Gasteiger partial charge in [0.1, 0.15) is 5.82 Å². The second-order valence-electron chi connectivity index (χ2n) is 3.82. The summed E-state index contributed by atoms with van der Waals surface area (Å²) in [5.41, 5.74) is -0.0994. The molecule has 15 heavy (non-hydrogen) atoms. The molecule has 1 aromatic rings. The largest absolute Gasteiger partial charge is 0.316 e. The third-order valence-electron chi connectivity index (χ3n) is 2.80. The average Bonchev–Trinajstić information content (AvgIpc) is 2.71. The summed E-state index contributed by atoms with van der Waals surface area (Å²) in [6.45, 7) is 0.950. The van der Waals surface area contributed by atoms with Crippen molar-refractivity contribution >= 4 is 0 Å². The summed E-state index contributed by atoms with van der Waals surface area (Å²) in [5.74, 6) is -4.03. The highest BCUT2D eigenvalue weighted by atomic mass is 19.3. The molecule has 0 bridgehead atoms. The Labute approximate surface area is 86.3 Å². The normalized spacial score (nSPS) is 21.9. The maximum atomic E-state index is 13.8. The van der Waals surface area contributed by atoms with Gasteiger partial charge in [-0.2, -0.15) is 0 Å². The minimum Gasteiger partial charge on any atom is -0.316 e. The van der Waals surface area contributed by atoms with Gasteiger partial charge in [0.15, 0.2) is 0 Å². The lowest BCUT2D eigenvalue weighted by Gasteiger charge is -2.22. The van der Waals surface area contributed by atoms with Crippen LogP contribution >= 0.6 is 0 Å². The van der Waals surface area contributed by atoms with E-state index in [4.69, 9.17) is 0 Å². The smallest absolute Gasteiger partial charge is 0.277 e. The van der Waals surface area contributed by atoms with E-state index in [0.717, 1.165) is 24.3 Å². The van der Waals surface area contributed by atoms with Crippen LogP contribution in [-0.4, -0.2) is 13.1 Å². The minimum atomic E-state index is -2.86. The fourth-order valence-corrected chi connectivity index (χ4v) is 1.87. The lowest BCUT2D eigenvalue weighted by molar-refractivity contribution is -0.0575. The van der Waals surface area contributed by atoms with Crippen molar-refractivity contribution < 1.29 is 13.2 Å². The van der Waals surface area contributed by atoms with E-state index in [1.807, 2.05) is 0 Å². The first-order valence-corrected chi connectivity index (χ1v) is 4.95. The van der Waals surface area contributed by atoms with Gasteiger partial charge in [0.25, 0.3) is 5.92 Å². The molecule has 0 spiro atoms. The Morgan fingerprint density at radius 2 is 1.87 bits per heavy atom. The van der Waals surface area contributed by atoms with E-state index in [2.05, 4.69) is 5.32 Å². The SMILES string of the molecule is Fc1ccc(C(F)(F)C2CCNC2)cc1. The Bertz CT molecular complexity index is 328. The number of rotatable bonds is 2. The van der Waals surface area contributed by atoms with Gasteiger partial charge in [-0.25, -0.2) is 13.2 Å². The molecule has 1 fully saturated rings. The maximum absolute atomic E-state index is 13.8. The number of benzene rings is 1. The van der Waals surface area contributed by atoms with Crippen LogP contribution in [0.2, 0.25) is 0 Å². The van der Waals surface area contributed by atoms with Crippen LogP contribution in [-0.2, 0) is 5.92 Å². The number of alkyl halides is 2. The van der Waals surface area contributed by atoms with E-state index in [9.17, 15) is 13.2 Å². The average molecular weight is 215 g/mol. The van der Waals surface area contributed by atoms with Crippen LogP contribution in [0.25, 0.3) is 0 Å². The van der Waals surface area contributed by atoms with Crippen molar-refractivity contribution in [2.24, 2.45) is 5.92 Å². The van der Waals surface area contributed by atoms with Gasteiger partial charge in [-0.15, -0.1) is 0 Å². The molecule has 1 aliphatic rings. The summed E-state index contributed by atoms with van der Waals surface area (Å²) in [6, 6.07) is 4.47. The van der Waals surface area contributed by atoms with Crippen molar-refractivity contribution in [2.45, 2.75) is 12.3 Å². The van der Waals surface area contributed by atoms with Crippen LogP contribution in [0, 0.1) is 11.7 Å². The van der Waals surface area contributed by atoms with Gasteiger partial charge < -0.3 is 5.32 Å². The lowest BCUT2D eigenvalue weighted by Crippen LogP contribution is -2.27. The summed E-state index contributed by atoms with van der Waals surface area (Å²) in [7, 11) is 0. The van der Waals surface area contributed by atoms with Crippen molar-refractivity contribution in [3.8, 4) is 0 Å². The summed E-state index contributed by atoms with van der Waals surface area (Å²) in [4.78, 5) is 0. The number of halogens is 3. The van der Waals surface area contributed by atoms with Gasteiger partial charge in [0.05, 0.1) is 0 Å². The molecular formula is C11H12F3N. The van der Waals surface area contributed by atoms with Gasteiger partial charge in [0.2, 0.25) is 0 Å². The van der Waals surface area contributed by atoms with Crippen LogP contribution in [0.3, 0.4) is 0 Å². The van der Waals surface area contributed by atoms with Crippen LogP contribution in [0.4, 0.5) is 13.2 Å². The molecule has 1 nitrogen and oxygen atoms in total. The van der Waals surface area contributed by atoms with Gasteiger partial charge in [0, 0.05) is 18.0 Å². The Hall–Kier alpha value is -1.03. The van der Waals surface area contributed by atoms with E-state index in [1.54, 1.807) is 0 Å². The monoisotopic (exact) mass is 215 g/mol. The van der Waals surface area contributed by atoms with Crippen LogP contribution in [0.1, 0.15) is 12.0 Å². The van der Waals surface area contributed by atoms with Gasteiger partial charge >= 0.3 is 0 Å². The predicted molar refractivity (Wildman–Crippen MR) is 51.3 cm³/mol. The quantitative estimate of drug-likeness (QED) is 0.799. The lowest BCUT2D eigenvalue weighted by atomic mass is 9.94. The molecule has 0 aliphatic carbocycles. The summed E-state index contributed by atoms with van der Waals surface area (Å²) >= 11 is 0. The fourth-order valence-electron chi connectivity index (χ4n) is 1.87. The summed E-state index contributed by atoms with van der Waals surface area (Å²) in [6.07, 6.45) is 0.463. The highest BCUT2D eigenvalue weighted by molar-refractivity contribution is 5.22. The predicted octanol–water partition coefficient (Wildman–Crippen LogP) is 2.53. The number of nitrogens with one attached hydrogen (secondary N) is 1. The first kappa shape index (κ1) is 10.5. The zero-order valence-corrected chi connectivity index (χ0v) is 8.14. The molecule has 1 aromatic carbocycles. The van der Waals surface area contributed by atoms with Crippen LogP contribution in [0.5, 0.6) is 0 Å². The van der Waals surface area contributed by atoms with E-state index in [0.29, 0.717) is 19.5 Å². The molecule has 4 heteroatoms. The van der Waals surface area contributed by atoms with Gasteiger partial charge in [-0.05, 0) is 25.1 Å². The molecule has 0 aromatic heterocycles. The van der Waals surface area contributed by atoms with Gasteiger partial charge in [-0.1, -0.05) is 12.1 Å². The maximum Gasteiger partial charge on any atom is 0.277 e. The Kier molecular flexibility index (Phi) is 2.69.